The van der Waals surface area contributed by atoms with Gasteiger partial charge in [-0.1, -0.05) is 31.4 Å². The number of unbranched alkanes of at least 4 members (excludes halogenated alkanes) is 3. The Hall–Kier alpha value is -2.04. The summed E-state index contributed by atoms with van der Waals surface area (Å²) in [6.45, 7) is 0. The van der Waals surface area contributed by atoms with Gasteiger partial charge in [-0.2, -0.15) is 0 Å². The first-order valence-electron chi connectivity index (χ1n) is 10.6. The van der Waals surface area contributed by atoms with Gasteiger partial charge in [-0.05, 0) is 81.4 Å². The van der Waals surface area contributed by atoms with Gasteiger partial charge in [0.25, 0.3) is 0 Å². The lowest BCUT2D eigenvalue weighted by Crippen LogP contribution is -2.14. The van der Waals surface area contributed by atoms with Crippen LogP contribution in [0.25, 0.3) is 0 Å². The van der Waals surface area contributed by atoms with Crippen LogP contribution in [0.4, 0.5) is 0 Å². The van der Waals surface area contributed by atoms with Crippen LogP contribution in [0.5, 0.6) is 5.75 Å². The highest BCUT2D eigenvalue weighted by molar-refractivity contribution is 5.78. The molecule has 2 saturated carbocycles. The highest BCUT2D eigenvalue weighted by atomic mass is 16.4. The van der Waals surface area contributed by atoms with E-state index in [2.05, 4.69) is 6.07 Å². The molecule has 0 saturated heterocycles. The monoisotopic (exact) mass is 388 g/mol. The lowest BCUT2D eigenvalue weighted by molar-refractivity contribution is -0.144. The zero-order chi connectivity index (χ0) is 20.2. The quantitative estimate of drug-likeness (QED) is 0.416. The van der Waals surface area contributed by atoms with Crippen LogP contribution in [-0.4, -0.2) is 27.3 Å². The Labute approximate surface area is 166 Å². The molecule has 0 amide bonds. The minimum absolute atomic E-state index is 0.329. The Morgan fingerprint density at radius 1 is 0.786 bits per heavy atom. The second kappa shape index (κ2) is 8.54. The number of hydrogen-bond donors (Lipinski definition) is 3. The van der Waals surface area contributed by atoms with Crippen molar-refractivity contribution in [3.63, 3.8) is 0 Å². The molecule has 2 aliphatic rings. The summed E-state index contributed by atoms with van der Waals surface area (Å²) < 4.78 is 0. The first-order valence-corrected chi connectivity index (χ1v) is 10.6. The van der Waals surface area contributed by atoms with Crippen LogP contribution in [-0.2, 0) is 22.4 Å². The van der Waals surface area contributed by atoms with Crippen LogP contribution in [0.15, 0.2) is 18.2 Å². The van der Waals surface area contributed by atoms with Crippen molar-refractivity contribution >= 4 is 11.9 Å². The third kappa shape index (κ3) is 5.06. The molecule has 0 heterocycles. The number of hydrogen-bond acceptors (Lipinski definition) is 3. The molecule has 3 rings (SSSR count). The minimum Gasteiger partial charge on any atom is -0.508 e. The third-order valence-electron chi connectivity index (χ3n) is 6.73. The Morgan fingerprint density at radius 3 is 1.86 bits per heavy atom. The number of carboxylic acids is 2. The fourth-order valence-corrected chi connectivity index (χ4v) is 4.19. The average molecular weight is 389 g/mol. The molecular formula is C23H32O5. The van der Waals surface area contributed by atoms with E-state index in [1.807, 2.05) is 6.07 Å². The summed E-state index contributed by atoms with van der Waals surface area (Å²) in [5.74, 6) is -0.958. The highest BCUT2D eigenvalue weighted by Crippen LogP contribution is 2.50. The summed E-state index contributed by atoms with van der Waals surface area (Å²) in [6, 6.07) is 5.78. The van der Waals surface area contributed by atoms with E-state index in [0.29, 0.717) is 5.75 Å². The number of carboxylic acid groups (broad SMARTS) is 2. The molecule has 154 valence electrons. The summed E-state index contributed by atoms with van der Waals surface area (Å²) in [4.78, 5) is 22.4. The van der Waals surface area contributed by atoms with Crippen LogP contribution in [0, 0.1) is 10.8 Å². The third-order valence-corrected chi connectivity index (χ3v) is 6.73. The number of aromatic hydroxyl groups is 1. The van der Waals surface area contributed by atoms with Crippen LogP contribution >= 0.6 is 0 Å². The lowest BCUT2D eigenvalue weighted by Gasteiger charge is -2.11. The molecule has 0 radical (unpaired) electrons. The van der Waals surface area contributed by atoms with E-state index in [1.165, 1.54) is 5.56 Å². The van der Waals surface area contributed by atoms with Gasteiger partial charge in [0.1, 0.15) is 5.75 Å². The molecule has 28 heavy (non-hydrogen) atoms. The second-order valence-corrected chi connectivity index (χ2v) is 8.90. The number of aryl methyl sites for hydroxylation is 2. The van der Waals surface area contributed by atoms with Crippen molar-refractivity contribution in [2.75, 3.05) is 0 Å². The maximum atomic E-state index is 11.2. The van der Waals surface area contributed by atoms with E-state index >= 15 is 0 Å². The number of benzene rings is 1. The van der Waals surface area contributed by atoms with E-state index in [-0.39, 0.29) is 0 Å². The zero-order valence-corrected chi connectivity index (χ0v) is 16.6. The fraction of sp³-hybridized carbons (Fsp3) is 0.652. The minimum atomic E-state index is -0.645. The van der Waals surface area contributed by atoms with Crippen LogP contribution < -0.4 is 0 Å². The molecule has 5 heteroatoms. The SMILES string of the molecule is O=C(O)C1(CCCCCc2cc(CCCCC3(C(=O)O)CC3)ccc2O)CC1. The van der Waals surface area contributed by atoms with Gasteiger partial charge in [-0.25, -0.2) is 0 Å². The van der Waals surface area contributed by atoms with Gasteiger partial charge >= 0.3 is 11.9 Å². The van der Waals surface area contributed by atoms with Crippen molar-refractivity contribution in [2.24, 2.45) is 10.8 Å². The van der Waals surface area contributed by atoms with Crippen molar-refractivity contribution in [3.05, 3.63) is 29.3 Å². The number of carbonyl (C=O) groups is 2. The van der Waals surface area contributed by atoms with Crippen molar-refractivity contribution < 1.29 is 24.9 Å². The normalized spacial score (nSPS) is 18.6. The average Bonchev–Trinajstić information content (AvgIpc) is 3.56. The summed E-state index contributed by atoms with van der Waals surface area (Å²) in [7, 11) is 0. The molecule has 5 nitrogen and oxygen atoms in total. The second-order valence-electron chi connectivity index (χ2n) is 8.90. The lowest BCUT2D eigenvalue weighted by atomic mass is 9.95. The van der Waals surface area contributed by atoms with Gasteiger partial charge in [0.2, 0.25) is 0 Å². The van der Waals surface area contributed by atoms with Gasteiger partial charge in [0.05, 0.1) is 10.8 Å². The number of phenolic OH excluding ortho intramolecular Hbond substituents is 1. The summed E-state index contributed by atoms with van der Waals surface area (Å²) >= 11 is 0. The molecular weight excluding hydrogens is 356 g/mol. The van der Waals surface area contributed by atoms with Crippen molar-refractivity contribution in [1.29, 1.82) is 0 Å². The predicted octanol–water partition coefficient (Wildman–Crippen LogP) is 4.94. The number of aliphatic carboxylic acids is 2. The number of phenols is 1. The number of rotatable bonds is 13. The van der Waals surface area contributed by atoms with E-state index < -0.39 is 22.8 Å². The molecule has 0 aliphatic heterocycles. The molecule has 2 fully saturated rings. The van der Waals surface area contributed by atoms with Crippen molar-refractivity contribution in [2.45, 2.75) is 83.5 Å². The smallest absolute Gasteiger partial charge is 0.309 e. The predicted molar refractivity (Wildman–Crippen MR) is 106 cm³/mol. The van der Waals surface area contributed by atoms with Crippen LogP contribution in [0.3, 0.4) is 0 Å². The molecule has 0 aromatic heterocycles. The molecule has 0 unspecified atom stereocenters. The zero-order valence-electron chi connectivity index (χ0n) is 16.6. The first kappa shape index (κ1) is 20.7. The van der Waals surface area contributed by atoms with Gasteiger partial charge in [-0.3, -0.25) is 9.59 Å². The van der Waals surface area contributed by atoms with E-state index in [9.17, 15) is 24.9 Å². The first-order chi connectivity index (χ1) is 13.4. The van der Waals surface area contributed by atoms with Crippen molar-refractivity contribution in [1.82, 2.24) is 0 Å². The molecule has 0 bridgehead atoms. The van der Waals surface area contributed by atoms with Crippen molar-refractivity contribution in [3.8, 4) is 5.75 Å². The van der Waals surface area contributed by atoms with Gasteiger partial charge in [0.15, 0.2) is 0 Å². The Balaban J connectivity index is 1.37. The highest BCUT2D eigenvalue weighted by Gasteiger charge is 2.49. The topological polar surface area (TPSA) is 94.8 Å². The standard InChI is InChI=1S/C23H32O5/c24-19-9-8-17(6-3-5-11-23(14-15-23)21(27)28)16-18(19)7-2-1-4-10-22(12-13-22)20(25)26/h8-9,16,24H,1-7,10-15H2,(H,25,26)(H,27,28). The van der Waals surface area contributed by atoms with Crippen LogP contribution in [0.2, 0.25) is 0 Å². The van der Waals surface area contributed by atoms with E-state index in [1.54, 1.807) is 6.07 Å². The molecule has 3 N–H and O–H groups in total. The Morgan fingerprint density at radius 2 is 1.32 bits per heavy atom. The Bertz CT molecular complexity index is 716. The fourth-order valence-electron chi connectivity index (χ4n) is 4.19. The van der Waals surface area contributed by atoms with Gasteiger partial charge in [-0.15, -0.1) is 0 Å². The summed E-state index contributed by atoms with van der Waals surface area (Å²) in [5.41, 5.74) is 1.29. The molecule has 1 aromatic rings. The maximum absolute atomic E-state index is 11.2. The van der Waals surface area contributed by atoms with E-state index in [4.69, 9.17) is 0 Å². The van der Waals surface area contributed by atoms with Gasteiger partial charge in [0, 0.05) is 0 Å². The molecule has 2 aliphatic carbocycles. The van der Waals surface area contributed by atoms with Crippen LogP contribution in [0.1, 0.15) is 81.8 Å². The van der Waals surface area contributed by atoms with E-state index in [0.717, 1.165) is 89.0 Å². The Kier molecular flexibility index (Phi) is 6.31. The maximum Gasteiger partial charge on any atom is 0.309 e. The largest absolute Gasteiger partial charge is 0.508 e. The molecule has 0 atom stereocenters. The molecule has 0 spiro atoms. The summed E-state index contributed by atoms with van der Waals surface area (Å²) in [6.07, 6.45) is 11.3. The summed E-state index contributed by atoms with van der Waals surface area (Å²) in [5, 5.41) is 28.5. The molecule has 1 aromatic carbocycles. The van der Waals surface area contributed by atoms with Gasteiger partial charge < -0.3 is 15.3 Å².